The van der Waals surface area contributed by atoms with Crippen LogP contribution in [-0.4, -0.2) is 25.0 Å². The Bertz CT molecular complexity index is 1100. The molecular formula is C31H38S2+2. The van der Waals surface area contributed by atoms with Gasteiger partial charge in [0, 0.05) is 24.0 Å². The lowest BCUT2D eigenvalue weighted by atomic mass is 9.84. The molecule has 0 amide bonds. The third-order valence-electron chi connectivity index (χ3n) is 7.91. The lowest BCUT2D eigenvalue weighted by Crippen LogP contribution is -2.22. The molecule has 3 aliphatic carbocycles. The van der Waals surface area contributed by atoms with E-state index in [2.05, 4.69) is 86.5 Å². The quantitative estimate of drug-likeness (QED) is 0.371. The Morgan fingerprint density at radius 3 is 1.64 bits per heavy atom. The summed E-state index contributed by atoms with van der Waals surface area (Å²) in [4.78, 5) is 0. The van der Waals surface area contributed by atoms with Crippen molar-refractivity contribution in [3.05, 3.63) is 105 Å². The first-order chi connectivity index (χ1) is 15.9. The SMILES string of the molecule is Cc1c2cccc1C([S+](C)C)Cc1cc3cc(c1CCc1cccc(c1)CC3)CC2[S+](C)C. The summed E-state index contributed by atoms with van der Waals surface area (Å²) in [6.45, 7) is 2.40. The van der Waals surface area contributed by atoms with E-state index >= 15 is 0 Å². The van der Waals surface area contributed by atoms with E-state index in [1.54, 1.807) is 38.9 Å². The third-order valence-corrected chi connectivity index (χ3v) is 11.0. The van der Waals surface area contributed by atoms with Crippen molar-refractivity contribution in [1.82, 2.24) is 0 Å². The molecule has 0 nitrogen and oxygen atoms in total. The Hall–Kier alpha value is -1.64. The normalized spacial score (nSPS) is 20.1. The Kier molecular flexibility index (Phi) is 6.69. The maximum absolute atomic E-state index is 2.60. The maximum atomic E-state index is 2.60. The summed E-state index contributed by atoms with van der Waals surface area (Å²) in [6.07, 6.45) is 16.8. The number of rotatable bonds is 2. The van der Waals surface area contributed by atoms with E-state index in [4.69, 9.17) is 0 Å². The molecule has 2 unspecified atom stereocenters. The van der Waals surface area contributed by atoms with Gasteiger partial charge in [-0.1, -0.05) is 54.6 Å². The molecule has 3 aliphatic rings. The molecule has 3 aromatic rings. The van der Waals surface area contributed by atoms with Crippen molar-refractivity contribution in [2.75, 3.05) is 25.0 Å². The fraction of sp³-hybridized carbons (Fsp3) is 0.419. The highest BCUT2D eigenvalue weighted by Gasteiger charge is 2.34. The summed E-state index contributed by atoms with van der Waals surface area (Å²) in [5, 5.41) is 1.21. The van der Waals surface area contributed by atoms with Crippen molar-refractivity contribution in [2.24, 2.45) is 0 Å². The molecule has 2 heteroatoms. The van der Waals surface area contributed by atoms with Crippen LogP contribution in [0.1, 0.15) is 60.6 Å². The molecule has 33 heavy (non-hydrogen) atoms. The van der Waals surface area contributed by atoms with Gasteiger partial charge in [0.15, 0.2) is 0 Å². The Labute approximate surface area is 206 Å². The van der Waals surface area contributed by atoms with Gasteiger partial charge >= 0.3 is 0 Å². The van der Waals surface area contributed by atoms with Crippen LogP contribution in [0.15, 0.2) is 54.6 Å². The Balaban J connectivity index is 1.70. The van der Waals surface area contributed by atoms with Crippen molar-refractivity contribution >= 4 is 21.8 Å². The van der Waals surface area contributed by atoms with Gasteiger partial charge in [-0.15, -0.1) is 0 Å². The van der Waals surface area contributed by atoms with Crippen LogP contribution in [0.25, 0.3) is 0 Å². The summed E-state index contributed by atoms with van der Waals surface area (Å²) in [5.41, 5.74) is 14.3. The minimum atomic E-state index is 0.326. The van der Waals surface area contributed by atoms with E-state index in [9.17, 15) is 0 Å². The molecule has 0 fully saturated rings. The Morgan fingerprint density at radius 2 is 1.09 bits per heavy atom. The fourth-order valence-electron chi connectivity index (χ4n) is 6.03. The molecule has 0 aromatic heterocycles. The van der Waals surface area contributed by atoms with Gasteiger partial charge in [0.05, 0.1) is 25.0 Å². The smallest absolute Gasteiger partial charge is 0.0617 e. The summed E-state index contributed by atoms with van der Waals surface area (Å²) in [7, 11) is 0.653. The molecule has 0 aliphatic heterocycles. The average Bonchev–Trinajstić information content (AvgIpc) is 2.81. The molecule has 0 radical (unpaired) electrons. The summed E-state index contributed by atoms with van der Waals surface area (Å²) < 4.78 is 0. The number of hydrogen-bond acceptors (Lipinski definition) is 0. The lowest BCUT2D eigenvalue weighted by molar-refractivity contribution is 0.811. The van der Waals surface area contributed by atoms with Gasteiger partial charge in [-0.25, -0.2) is 0 Å². The zero-order chi connectivity index (χ0) is 23.1. The van der Waals surface area contributed by atoms with Gasteiger partial charge in [-0.3, -0.25) is 0 Å². The average molecular weight is 475 g/mol. The molecule has 8 bridgehead atoms. The topological polar surface area (TPSA) is 0 Å². The predicted octanol–water partition coefficient (Wildman–Crippen LogP) is 6.52. The largest absolute Gasteiger partial charge is 0.147 e. The monoisotopic (exact) mass is 474 g/mol. The molecule has 0 saturated carbocycles. The molecule has 0 heterocycles. The van der Waals surface area contributed by atoms with E-state index in [-0.39, 0.29) is 0 Å². The Morgan fingerprint density at radius 1 is 0.606 bits per heavy atom. The molecule has 0 N–H and O–H groups in total. The van der Waals surface area contributed by atoms with E-state index in [0.29, 0.717) is 32.3 Å². The van der Waals surface area contributed by atoms with E-state index in [0.717, 1.165) is 19.3 Å². The number of benzene rings is 3. The number of fused-ring (bicyclic) bond motifs is 4. The van der Waals surface area contributed by atoms with E-state index in [1.165, 1.54) is 30.4 Å². The van der Waals surface area contributed by atoms with Gasteiger partial charge in [0.25, 0.3) is 0 Å². The van der Waals surface area contributed by atoms with Crippen LogP contribution in [0.3, 0.4) is 0 Å². The zero-order valence-corrected chi connectivity index (χ0v) is 22.5. The minimum Gasteiger partial charge on any atom is -0.0617 e. The standard InChI is InChI=1S/C31H38S2/c1-21-27-10-7-11-28(21)31(33(4)5)20-26-18-24-13-12-22-8-6-9-23(16-22)14-15-29(26)25(17-24)19-30(27)32(2)3/h6-11,16-18,30-31H,12-15,19-20H2,1-5H3/q+2. The molecule has 6 rings (SSSR count). The molecule has 172 valence electrons. The van der Waals surface area contributed by atoms with Crippen LogP contribution in [0.5, 0.6) is 0 Å². The minimum absolute atomic E-state index is 0.326. The number of hydrogen-bond donors (Lipinski definition) is 0. The predicted molar refractivity (Wildman–Crippen MR) is 150 cm³/mol. The highest BCUT2D eigenvalue weighted by molar-refractivity contribution is 7.96. The lowest BCUT2D eigenvalue weighted by Gasteiger charge is -2.27. The van der Waals surface area contributed by atoms with Gasteiger partial charge in [-0.05, 0) is 93.3 Å². The zero-order valence-electron chi connectivity index (χ0n) is 20.9. The summed E-state index contributed by atoms with van der Waals surface area (Å²) in [6, 6.07) is 21.8. The molecule has 0 spiro atoms. The van der Waals surface area contributed by atoms with Crippen LogP contribution in [0.4, 0.5) is 0 Å². The van der Waals surface area contributed by atoms with Crippen LogP contribution < -0.4 is 0 Å². The van der Waals surface area contributed by atoms with Crippen molar-refractivity contribution in [2.45, 2.75) is 55.9 Å². The number of aryl methyl sites for hydroxylation is 3. The maximum Gasteiger partial charge on any atom is 0.147 e. The van der Waals surface area contributed by atoms with Crippen molar-refractivity contribution in [1.29, 1.82) is 0 Å². The van der Waals surface area contributed by atoms with E-state index < -0.39 is 0 Å². The molecule has 3 aromatic carbocycles. The van der Waals surface area contributed by atoms with Crippen LogP contribution >= 0.6 is 0 Å². The van der Waals surface area contributed by atoms with Gasteiger partial charge in [0.2, 0.25) is 0 Å². The molecule has 2 atom stereocenters. The third kappa shape index (κ3) is 4.66. The second kappa shape index (κ2) is 9.55. The van der Waals surface area contributed by atoms with Gasteiger partial charge in [-0.2, -0.15) is 0 Å². The first kappa shape index (κ1) is 23.1. The molecular weight excluding hydrogens is 436 g/mol. The highest BCUT2D eigenvalue weighted by atomic mass is 32.2. The van der Waals surface area contributed by atoms with Crippen molar-refractivity contribution < 1.29 is 0 Å². The first-order valence-electron chi connectivity index (χ1n) is 12.3. The highest BCUT2D eigenvalue weighted by Crippen LogP contribution is 2.40. The van der Waals surface area contributed by atoms with Crippen LogP contribution in [-0.2, 0) is 60.3 Å². The summed E-state index contributed by atoms with van der Waals surface area (Å²) in [5.74, 6) is 0. The fourth-order valence-corrected chi connectivity index (χ4v) is 8.58. The van der Waals surface area contributed by atoms with Gasteiger partial charge < -0.3 is 0 Å². The van der Waals surface area contributed by atoms with Gasteiger partial charge in [0.1, 0.15) is 10.5 Å². The second-order valence-electron chi connectivity index (χ2n) is 10.4. The van der Waals surface area contributed by atoms with E-state index in [1.807, 2.05) is 0 Å². The van der Waals surface area contributed by atoms with Crippen LogP contribution in [0.2, 0.25) is 0 Å². The van der Waals surface area contributed by atoms with Crippen LogP contribution in [0, 0.1) is 6.92 Å². The van der Waals surface area contributed by atoms with Crippen molar-refractivity contribution in [3.63, 3.8) is 0 Å². The summed E-state index contributed by atoms with van der Waals surface area (Å²) >= 11 is 0. The first-order valence-corrected chi connectivity index (χ1v) is 16.5. The molecule has 0 saturated heterocycles. The second-order valence-corrected chi connectivity index (χ2v) is 15.1. The van der Waals surface area contributed by atoms with Crippen molar-refractivity contribution in [3.8, 4) is 0 Å².